The van der Waals surface area contributed by atoms with Crippen LogP contribution in [-0.4, -0.2) is 24.9 Å². The van der Waals surface area contributed by atoms with E-state index in [9.17, 15) is 4.79 Å². The molecule has 1 atom stereocenters. The number of hydrogen-bond donors (Lipinski definition) is 2. The number of Topliss-reactive ketones (excluding diaryl/α,β-unsaturated/α-hetero) is 1. The quantitative estimate of drug-likeness (QED) is 0.611. The second-order valence-corrected chi connectivity index (χ2v) is 3.28. The first-order valence-electron chi connectivity index (χ1n) is 6.21. The molecule has 0 aliphatic heterocycles. The normalized spacial score (nSPS) is 11.5. The third-order valence-corrected chi connectivity index (χ3v) is 2.13. The van der Waals surface area contributed by atoms with Gasteiger partial charge in [0.1, 0.15) is 5.78 Å². The highest BCUT2D eigenvalue weighted by Gasteiger charge is 2.09. The summed E-state index contributed by atoms with van der Waals surface area (Å²) in [6, 6.07) is -0.230. The summed E-state index contributed by atoms with van der Waals surface area (Å²) in [5.74, 6) is 0.184. The van der Waals surface area contributed by atoms with Crippen LogP contribution in [0.3, 0.4) is 0 Å². The largest absolute Gasteiger partial charge is 0.322 e. The number of unbranched alkanes of at least 4 members (excludes halogenated alkanes) is 1. The summed E-state index contributed by atoms with van der Waals surface area (Å²) < 4.78 is 0. The molecule has 0 aliphatic rings. The molecule has 0 aromatic carbocycles. The fourth-order valence-corrected chi connectivity index (χ4v) is 1.21. The lowest BCUT2D eigenvalue weighted by Gasteiger charge is -2.08. The van der Waals surface area contributed by atoms with Crippen molar-refractivity contribution in [3.05, 3.63) is 0 Å². The average molecular weight is 216 g/mol. The second-order valence-electron chi connectivity index (χ2n) is 3.28. The Bertz CT molecular complexity index is 138. The van der Waals surface area contributed by atoms with E-state index in [2.05, 4.69) is 12.2 Å². The Balaban J connectivity index is 0. The average Bonchev–Trinajstić information content (AvgIpc) is 2.30. The molecule has 0 saturated carbocycles. The van der Waals surface area contributed by atoms with Crippen LogP contribution < -0.4 is 11.1 Å². The molecule has 15 heavy (non-hydrogen) atoms. The van der Waals surface area contributed by atoms with Crippen molar-refractivity contribution < 1.29 is 4.79 Å². The summed E-state index contributed by atoms with van der Waals surface area (Å²) in [6.45, 7) is 10.00. The Morgan fingerprint density at radius 1 is 1.27 bits per heavy atom. The van der Waals surface area contributed by atoms with Crippen LogP contribution in [0.15, 0.2) is 0 Å². The number of hydrogen-bond acceptors (Lipinski definition) is 3. The van der Waals surface area contributed by atoms with Gasteiger partial charge in [0, 0.05) is 6.42 Å². The SMILES string of the molecule is CC.CCNCCCCC(N)C(=O)CC. The van der Waals surface area contributed by atoms with Crippen molar-refractivity contribution in [3.63, 3.8) is 0 Å². The Kier molecular flexibility index (Phi) is 15.4. The number of nitrogens with two attached hydrogens (primary N) is 1. The van der Waals surface area contributed by atoms with Crippen molar-refractivity contribution >= 4 is 5.78 Å². The van der Waals surface area contributed by atoms with Crippen molar-refractivity contribution in [1.82, 2.24) is 5.32 Å². The molecule has 0 heterocycles. The van der Waals surface area contributed by atoms with Crippen molar-refractivity contribution in [2.24, 2.45) is 5.73 Å². The molecular formula is C12H28N2O. The van der Waals surface area contributed by atoms with Gasteiger partial charge in [0.25, 0.3) is 0 Å². The van der Waals surface area contributed by atoms with Gasteiger partial charge in [0.05, 0.1) is 6.04 Å². The van der Waals surface area contributed by atoms with Crippen LogP contribution in [-0.2, 0) is 4.79 Å². The smallest absolute Gasteiger partial charge is 0.149 e. The topological polar surface area (TPSA) is 55.1 Å². The molecule has 92 valence electrons. The van der Waals surface area contributed by atoms with Crippen molar-refractivity contribution in [2.45, 2.75) is 59.4 Å². The third-order valence-electron chi connectivity index (χ3n) is 2.13. The molecule has 0 aliphatic carbocycles. The van der Waals surface area contributed by atoms with Crippen LogP contribution in [0.4, 0.5) is 0 Å². The molecule has 3 nitrogen and oxygen atoms in total. The number of rotatable bonds is 8. The maximum absolute atomic E-state index is 11.1. The van der Waals surface area contributed by atoms with Gasteiger partial charge < -0.3 is 11.1 Å². The molecule has 0 amide bonds. The fourth-order valence-electron chi connectivity index (χ4n) is 1.21. The first kappa shape index (κ1) is 17.0. The van der Waals surface area contributed by atoms with E-state index in [4.69, 9.17) is 5.73 Å². The van der Waals surface area contributed by atoms with Crippen LogP contribution in [0.2, 0.25) is 0 Å². The predicted molar refractivity (Wildman–Crippen MR) is 67.0 cm³/mol. The molecule has 0 saturated heterocycles. The number of carbonyl (C=O) groups is 1. The van der Waals surface area contributed by atoms with Gasteiger partial charge in [0.15, 0.2) is 0 Å². The Morgan fingerprint density at radius 3 is 2.33 bits per heavy atom. The first-order chi connectivity index (χ1) is 7.22. The fraction of sp³-hybridized carbons (Fsp3) is 0.917. The minimum absolute atomic E-state index is 0.184. The van der Waals surface area contributed by atoms with E-state index in [1.54, 1.807) is 0 Å². The number of carbonyl (C=O) groups excluding carboxylic acids is 1. The van der Waals surface area contributed by atoms with Gasteiger partial charge in [0.2, 0.25) is 0 Å². The minimum Gasteiger partial charge on any atom is -0.322 e. The highest BCUT2D eigenvalue weighted by Crippen LogP contribution is 2.00. The molecule has 0 radical (unpaired) electrons. The molecule has 3 heteroatoms. The zero-order chi connectivity index (χ0) is 12.1. The highest BCUT2D eigenvalue weighted by atomic mass is 16.1. The Morgan fingerprint density at radius 2 is 1.87 bits per heavy atom. The Hall–Kier alpha value is -0.410. The van der Waals surface area contributed by atoms with Crippen LogP contribution in [0, 0.1) is 0 Å². The van der Waals surface area contributed by atoms with Gasteiger partial charge in [-0.05, 0) is 25.9 Å². The summed E-state index contributed by atoms with van der Waals surface area (Å²) in [6.07, 6.45) is 3.55. The molecular weight excluding hydrogens is 188 g/mol. The molecule has 0 bridgehead atoms. The molecule has 1 unspecified atom stereocenters. The molecule has 0 aromatic heterocycles. The highest BCUT2D eigenvalue weighted by molar-refractivity contribution is 5.83. The van der Waals surface area contributed by atoms with Gasteiger partial charge in [-0.1, -0.05) is 34.1 Å². The van der Waals surface area contributed by atoms with E-state index in [1.165, 1.54) is 0 Å². The predicted octanol–water partition coefficient (Wildman–Crippen LogP) is 2.10. The molecule has 3 N–H and O–H groups in total. The van der Waals surface area contributed by atoms with Crippen LogP contribution in [0.1, 0.15) is 53.4 Å². The zero-order valence-corrected chi connectivity index (χ0v) is 10.8. The maximum Gasteiger partial charge on any atom is 0.149 e. The van der Waals surface area contributed by atoms with Crippen molar-refractivity contribution in [1.29, 1.82) is 0 Å². The van der Waals surface area contributed by atoms with Gasteiger partial charge in [-0.2, -0.15) is 0 Å². The number of nitrogens with one attached hydrogen (secondary N) is 1. The summed E-state index contributed by atoms with van der Waals surface area (Å²) >= 11 is 0. The van der Waals surface area contributed by atoms with Gasteiger partial charge >= 0.3 is 0 Å². The van der Waals surface area contributed by atoms with E-state index < -0.39 is 0 Å². The minimum atomic E-state index is -0.230. The molecule has 0 rings (SSSR count). The maximum atomic E-state index is 11.1. The lowest BCUT2D eigenvalue weighted by Crippen LogP contribution is -2.29. The van der Waals surface area contributed by atoms with Gasteiger partial charge in [-0.15, -0.1) is 0 Å². The Labute approximate surface area is 94.8 Å². The van der Waals surface area contributed by atoms with E-state index in [0.29, 0.717) is 6.42 Å². The van der Waals surface area contributed by atoms with E-state index in [-0.39, 0.29) is 11.8 Å². The van der Waals surface area contributed by atoms with Gasteiger partial charge in [-0.3, -0.25) is 4.79 Å². The summed E-state index contributed by atoms with van der Waals surface area (Å²) in [5.41, 5.74) is 5.67. The number of ketones is 1. The molecule has 0 spiro atoms. The second kappa shape index (κ2) is 13.6. The van der Waals surface area contributed by atoms with E-state index in [1.807, 2.05) is 20.8 Å². The van der Waals surface area contributed by atoms with E-state index >= 15 is 0 Å². The van der Waals surface area contributed by atoms with Crippen LogP contribution in [0.25, 0.3) is 0 Å². The zero-order valence-electron chi connectivity index (χ0n) is 10.8. The summed E-state index contributed by atoms with van der Waals surface area (Å²) in [7, 11) is 0. The monoisotopic (exact) mass is 216 g/mol. The van der Waals surface area contributed by atoms with Crippen molar-refractivity contribution in [3.8, 4) is 0 Å². The molecule has 0 aromatic rings. The first-order valence-corrected chi connectivity index (χ1v) is 6.21. The summed E-state index contributed by atoms with van der Waals surface area (Å²) in [4.78, 5) is 11.1. The van der Waals surface area contributed by atoms with Crippen LogP contribution in [0.5, 0.6) is 0 Å². The van der Waals surface area contributed by atoms with E-state index in [0.717, 1.165) is 32.4 Å². The lowest BCUT2D eigenvalue weighted by molar-refractivity contribution is -0.120. The van der Waals surface area contributed by atoms with Crippen LogP contribution >= 0.6 is 0 Å². The lowest BCUT2D eigenvalue weighted by atomic mass is 10.0. The van der Waals surface area contributed by atoms with Crippen molar-refractivity contribution in [2.75, 3.05) is 13.1 Å². The summed E-state index contributed by atoms with van der Waals surface area (Å²) in [5, 5.41) is 3.24. The molecule has 0 fully saturated rings. The standard InChI is InChI=1S/C10H22N2O.C2H6/c1-3-10(13)9(11)7-5-6-8-12-4-2;1-2/h9,12H,3-8,11H2,1-2H3;1-2H3. The third kappa shape index (κ3) is 11.5. The van der Waals surface area contributed by atoms with Gasteiger partial charge in [-0.25, -0.2) is 0 Å².